The van der Waals surface area contributed by atoms with Gasteiger partial charge in [-0.05, 0) is 6.92 Å². The zero-order valence-corrected chi connectivity index (χ0v) is 4.59. The van der Waals surface area contributed by atoms with Crippen molar-refractivity contribution in [1.29, 1.82) is 0 Å². The van der Waals surface area contributed by atoms with E-state index < -0.39 is 0 Å². The average Bonchev–Trinajstić information content (AvgIpc) is 1.98. The van der Waals surface area contributed by atoms with Crippen LogP contribution in [0.25, 0.3) is 0 Å². The fourth-order valence-corrected chi connectivity index (χ4v) is 0.429. The number of hydrogen-bond acceptors (Lipinski definition) is 2. The fraction of sp³-hybridized carbons (Fsp3) is 0.400. The fourth-order valence-electron chi connectivity index (χ4n) is 0.429. The van der Waals surface area contributed by atoms with Gasteiger partial charge in [-0.15, -0.1) is 5.11 Å². The van der Waals surface area contributed by atoms with E-state index in [2.05, 4.69) is 16.8 Å². The lowest BCUT2D eigenvalue weighted by Gasteiger charge is -1.91. The highest BCUT2D eigenvalue weighted by molar-refractivity contribution is 5.83. The first-order valence-corrected chi connectivity index (χ1v) is 2.36. The summed E-state index contributed by atoms with van der Waals surface area (Å²) in [5.74, 6) is -0.370. The molecule has 1 heterocycles. The second-order valence-corrected chi connectivity index (χ2v) is 1.75. The number of azo groups is 1. The van der Waals surface area contributed by atoms with Gasteiger partial charge < -0.3 is 0 Å². The smallest absolute Gasteiger partial charge is 0.270 e. The number of carbonyl (C=O) groups excluding carboxylic acids is 1. The third-order valence-electron chi connectivity index (χ3n) is 1.15. The highest BCUT2D eigenvalue weighted by atomic mass is 16.2. The maximum atomic E-state index is 10.5. The van der Waals surface area contributed by atoms with Crippen LogP contribution in [-0.4, -0.2) is 5.91 Å². The Hall–Kier alpha value is -0.990. The summed E-state index contributed by atoms with van der Waals surface area (Å²) in [6.45, 7) is 5.25. The molecule has 0 aliphatic carbocycles. The molecular weight excluding hydrogens is 104 g/mol. The van der Waals surface area contributed by atoms with E-state index in [-0.39, 0.29) is 11.8 Å². The molecule has 1 rings (SSSR count). The van der Waals surface area contributed by atoms with Gasteiger partial charge in [0.25, 0.3) is 5.91 Å². The van der Waals surface area contributed by atoms with Crippen molar-refractivity contribution in [3.8, 4) is 0 Å². The van der Waals surface area contributed by atoms with E-state index in [4.69, 9.17) is 0 Å². The molecule has 0 saturated heterocycles. The quantitative estimate of drug-likeness (QED) is 0.460. The number of nitrogens with zero attached hydrogens (tertiary/aromatic N) is 2. The lowest BCUT2D eigenvalue weighted by Crippen LogP contribution is -2.01. The first kappa shape index (κ1) is 5.15. The molecule has 1 amide bonds. The van der Waals surface area contributed by atoms with Crippen LogP contribution in [0.2, 0.25) is 0 Å². The monoisotopic (exact) mass is 110 g/mol. The lowest BCUT2D eigenvalue weighted by atomic mass is 10.1. The molecule has 0 bridgehead atoms. The van der Waals surface area contributed by atoms with E-state index in [1.165, 1.54) is 0 Å². The summed E-state index contributed by atoms with van der Waals surface area (Å²) >= 11 is 0. The highest BCUT2D eigenvalue weighted by Gasteiger charge is 2.20. The van der Waals surface area contributed by atoms with E-state index in [9.17, 15) is 4.79 Å². The van der Waals surface area contributed by atoms with Crippen LogP contribution in [0.4, 0.5) is 0 Å². The number of rotatable bonds is 0. The molecule has 0 aromatic rings. The molecule has 42 valence electrons. The van der Waals surface area contributed by atoms with Crippen molar-refractivity contribution in [3.63, 3.8) is 0 Å². The van der Waals surface area contributed by atoms with Crippen LogP contribution in [0.3, 0.4) is 0 Å². The van der Waals surface area contributed by atoms with Gasteiger partial charge >= 0.3 is 0 Å². The minimum atomic E-state index is -0.185. The van der Waals surface area contributed by atoms with Gasteiger partial charge in [-0.25, -0.2) is 0 Å². The van der Waals surface area contributed by atoms with Gasteiger partial charge in [0, 0.05) is 0 Å². The van der Waals surface area contributed by atoms with E-state index in [0.717, 1.165) is 0 Å². The Bertz CT molecular complexity index is 153. The molecule has 3 heteroatoms. The Labute approximate surface area is 47.1 Å². The molecule has 0 aromatic carbocycles. The second kappa shape index (κ2) is 1.51. The van der Waals surface area contributed by atoms with Crippen LogP contribution >= 0.6 is 0 Å². The van der Waals surface area contributed by atoms with Crippen LogP contribution in [0, 0.1) is 5.92 Å². The van der Waals surface area contributed by atoms with Gasteiger partial charge in [0.1, 0.15) is 0 Å². The Balaban J connectivity index is 2.84. The van der Waals surface area contributed by atoms with Crippen molar-refractivity contribution in [2.24, 2.45) is 16.1 Å². The zero-order chi connectivity index (χ0) is 6.15. The molecule has 3 nitrogen and oxygen atoms in total. The summed E-state index contributed by atoms with van der Waals surface area (Å²) < 4.78 is 0. The average molecular weight is 110 g/mol. The number of carbonyl (C=O) groups is 1. The van der Waals surface area contributed by atoms with Crippen LogP contribution in [0.1, 0.15) is 6.92 Å². The summed E-state index contributed by atoms with van der Waals surface area (Å²) in [5.41, 5.74) is 0.565. The summed E-state index contributed by atoms with van der Waals surface area (Å²) in [5, 5.41) is 6.76. The largest absolute Gasteiger partial charge is 0.273 e. The summed E-state index contributed by atoms with van der Waals surface area (Å²) in [6, 6.07) is 0. The Kier molecular flexibility index (Phi) is 0.970. The topological polar surface area (TPSA) is 41.8 Å². The molecule has 0 saturated carbocycles. The van der Waals surface area contributed by atoms with Crippen molar-refractivity contribution in [2.75, 3.05) is 0 Å². The molecule has 0 N–H and O–H groups in total. The van der Waals surface area contributed by atoms with E-state index >= 15 is 0 Å². The first-order chi connectivity index (χ1) is 3.72. The molecule has 0 radical (unpaired) electrons. The van der Waals surface area contributed by atoms with Crippen molar-refractivity contribution in [2.45, 2.75) is 6.92 Å². The molecule has 1 unspecified atom stereocenters. The lowest BCUT2D eigenvalue weighted by molar-refractivity contribution is -0.119. The van der Waals surface area contributed by atoms with Crippen LogP contribution in [0.5, 0.6) is 0 Å². The van der Waals surface area contributed by atoms with Gasteiger partial charge in [-0.2, -0.15) is 5.11 Å². The predicted octanol–water partition coefficient (Wildman–Crippen LogP) is 1.13. The minimum absolute atomic E-state index is 0.185. The molecule has 1 aliphatic heterocycles. The summed E-state index contributed by atoms with van der Waals surface area (Å²) in [6.07, 6.45) is 0. The molecule has 1 atom stereocenters. The zero-order valence-electron chi connectivity index (χ0n) is 4.59. The van der Waals surface area contributed by atoms with E-state index in [1.54, 1.807) is 6.92 Å². The van der Waals surface area contributed by atoms with Crippen molar-refractivity contribution >= 4 is 5.91 Å². The normalized spacial score (nSPS) is 27.4. The second-order valence-electron chi connectivity index (χ2n) is 1.75. The molecule has 8 heavy (non-hydrogen) atoms. The molecular formula is C5H6N2O. The number of amides is 1. The number of hydrogen-bond donors (Lipinski definition) is 0. The van der Waals surface area contributed by atoms with Crippen LogP contribution in [0.15, 0.2) is 22.5 Å². The standard InChI is InChI=1S/C5H6N2O/c1-3-4(2)6-7-5(3)8/h3H,2H2,1H3. The first-order valence-electron chi connectivity index (χ1n) is 2.36. The maximum Gasteiger partial charge on any atom is 0.273 e. The highest BCUT2D eigenvalue weighted by Crippen LogP contribution is 2.18. The van der Waals surface area contributed by atoms with Crippen molar-refractivity contribution in [3.05, 3.63) is 12.3 Å². The van der Waals surface area contributed by atoms with E-state index in [1.807, 2.05) is 0 Å². The summed E-state index contributed by atoms with van der Waals surface area (Å²) in [4.78, 5) is 10.5. The van der Waals surface area contributed by atoms with Gasteiger partial charge in [0.2, 0.25) is 0 Å². The van der Waals surface area contributed by atoms with Gasteiger partial charge in [0.15, 0.2) is 0 Å². The minimum Gasteiger partial charge on any atom is -0.270 e. The van der Waals surface area contributed by atoms with Crippen molar-refractivity contribution in [1.82, 2.24) is 0 Å². The van der Waals surface area contributed by atoms with Gasteiger partial charge in [-0.1, -0.05) is 6.58 Å². The molecule has 0 fully saturated rings. The Morgan fingerprint density at radius 1 is 1.62 bits per heavy atom. The molecule has 1 aliphatic rings. The van der Waals surface area contributed by atoms with E-state index in [0.29, 0.717) is 5.70 Å². The molecule has 0 aromatic heterocycles. The van der Waals surface area contributed by atoms with Crippen LogP contribution in [-0.2, 0) is 4.79 Å². The van der Waals surface area contributed by atoms with Crippen molar-refractivity contribution < 1.29 is 4.79 Å². The molecule has 0 spiro atoms. The Morgan fingerprint density at radius 3 is 2.38 bits per heavy atom. The van der Waals surface area contributed by atoms with Gasteiger partial charge in [-0.3, -0.25) is 4.79 Å². The third-order valence-corrected chi connectivity index (χ3v) is 1.15. The third kappa shape index (κ3) is 0.559. The predicted molar refractivity (Wildman–Crippen MR) is 28.2 cm³/mol. The maximum absolute atomic E-state index is 10.5. The Morgan fingerprint density at radius 2 is 2.25 bits per heavy atom. The van der Waals surface area contributed by atoms with Gasteiger partial charge in [0.05, 0.1) is 11.6 Å². The van der Waals surface area contributed by atoms with Crippen LogP contribution < -0.4 is 0 Å². The summed E-state index contributed by atoms with van der Waals surface area (Å²) in [7, 11) is 0. The SMILES string of the molecule is C=C1N=NC(=O)C1C.